The molecular formula is C5H8O7. The van der Waals surface area contributed by atoms with Gasteiger partial charge in [-0.05, 0) is 6.92 Å². The number of aliphatic hydroxyl groups excluding tert-OH is 1. The molecule has 0 aliphatic carbocycles. The van der Waals surface area contributed by atoms with Crippen LogP contribution in [0, 0.1) is 0 Å². The van der Waals surface area contributed by atoms with E-state index in [4.69, 9.17) is 10.4 Å². The molecule has 0 spiro atoms. The average Bonchev–Trinajstić information content (AvgIpc) is 2.03. The van der Waals surface area contributed by atoms with Gasteiger partial charge in [0.25, 0.3) is 0 Å². The maximum atomic E-state index is 10.4. The molecule has 7 nitrogen and oxygen atoms in total. The van der Waals surface area contributed by atoms with Crippen molar-refractivity contribution >= 4 is 11.9 Å². The molecule has 0 amide bonds. The normalized spacial score (nSPS) is 11.9. The zero-order chi connectivity index (χ0) is 9.56. The Bertz CT molecular complexity index is 163. The fourth-order valence-electron chi connectivity index (χ4n) is 0.232. The van der Waals surface area contributed by atoms with Crippen LogP contribution in [0.15, 0.2) is 0 Å². The first-order valence-corrected chi connectivity index (χ1v) is 2.93. The highest BCUT2D eigenvalue weighted by Crippen LogP contribution is 1.88. The molecular weight excluding hydrogens is 172 g/mol. The van der Waals surface area contributed by atoms with Gasteiger partial charge < -0.3 is 5.11 Å². The molecule has 0 saturated carbocycles. The van der Waals surface area contributed by atoms with Crippen LogP contribution < -0.4 is 0 Å². The lowest BCUT2D eigenvalue weighted by Crippen LogP contribution is -2.21. The lowest BCUT2D eigenvalue weighted by molar-refractivity contribution is -0.291. The summed E-state index contributed by atoms with van der Waals surface area (Å²) in [6.07, 6.45) is -1.34. The van der Waals surface area contributed by atoms with E-state index in [2.05, 4.69) is 14.7 Å². The van der Waals surface area contributed by atoms with E-state index in [1.165, 1.54) is 0 Å². The van der Waals surface area contributed by atoms with Gasteiger partial charge in [-0.1, -0.05) is 0 Å². The molecule has 0 aromatic carbocycles. The quantitative estimate of drug-likeness (QED) is 0.416. The summed E-state index contributed by atoms with van der Waals surface area (Å²) >= 11 is 0. The minimum atomic E-state index is -1.34. The number of rotatable bonds is 4. The first kappa shape index (κ1) is 10.8. The predicted molar refractivity (Wildman–Crippen MR) is 32.4 cm³/mol. The van der Waals surface area contributed by atoms with Gasteiger partial charge in [0, 0.05) is 0 Å². The number of hydrogen-bond acceptors (Lipinski definition) is 7. The molecule has 1 unspecified atom stereocenters. The molecule has 0 fully saturated rings. The van der Waals surface area contributed by atoms with Crippen LogP contribution in [0.1, 0.15) is 6.92 Å². The molecule has 0 heterocycles. The van der Waals surface area contributed by atoms with Crippen molar-refractivity contribution in [3.8, 4) is 0 Å². The van der Waals surface area contributed by atoms with Gasteiger partial charge in [-0.25, -0.2) is 9.59 Å². The van der Waals surface area contributed by atoms with Crippen LogP contribution >= 0.6 is 0 Å². The van der Waals surface area contributed by atoms with E-state index in [-0.39, 0.29) is 0 Å². The summed E-state index contributed by atoms with van der Waals surface area (Å²) in [7, 11) is 0. The van der Waals surface area contributed by atoms with Crippen molar-refractivity contribution in [3.05, 3.63) is 0 Å². The van der Waals surface area contributed by atoms with Crippen LogP contribution in [0.25, 0.3) is 0 Å². The standard InChI is InChI=1S/C5H8O7/c1-3(6)5(8)12-10-2-4(7)11-9/h3,6,9H,2H2,1H3. The van der Waals surface area contributed by atoms with Crippen molar-refractivity contribution in [1.29, 1.82) is 0 Å². The highest BCUT2D eigenvalue weighted by molar-refractivity contribution is 5.73. The SMILES string of the molecule is CC(O)C(=O)OOCC(=O)OO. The van der Waals surface area contributed by atoms with E-state index in [0.29, 0.717) is 0 Å². The molecule has 0 radical (unpaired) electrons. The summed E-state index contributed by atoms with van der Waals surface area (Å²) in [5.41, 5.74) is 0. The summed E-state index contributed by atoms with van der Waals surface area (Å²) in [5, 5.41) is 16.2. The lowest BCUT2D eigenvalue weighted by atomic mass is 10.4. The molecule has 0 bridgehead atoms. The van der Waals surface area contributed by atoms with Gasteiger partial charge in [-0.15, -0.1) is 0 Å². The van der Waals surface area contributed by atoms with Crippen molar-refractivity contribution in [1.82, 2.24) is 0 Å². The molecule has 0 rings (SSSR count). The highest BCUT2D eigenvalue weighted by Gasteiger charge is 2.12. The molecule has 0 aliphatic rings. The first-order valence-electron chi connectivity index (χ1n) is 2.93. The summed E-state index contributed by atoms with van der Waals surface area (Å²) in [6, 6.07) is 0. The van der Waals surface area contributed by atoms with Crippen LogP contribution in [0.3, 0.4) is 0 Å². The molecule has 7 heteroatoms. The molecule has 2 N–H and O–H groups in total. The van der Waals surface area contributed by atoms with Crippen molar-refractivity contribution in [2.75, 3.05) is 6.61 Å². The van der Waals surface area contributed by atoms with Crippen molar-refractivity contribution in [2.24, 2.45) is 0 Å². The fraction of sp³-hybridized carbons (Fsp3) is 0.600. The number of carbonyl (C=O) groups excluding carboxylic acids is 2. The minimum absolute atomic E-state index is 0.741. The molecule has 0 aliphatic heterocycles. The second kappa shape index (κ2) is 5.47. The second-order valence-electron chi connectivity index (χ2n) is 1.80. The Hall–Kier alpha value is -1.18. The Morgan fingerprint density at radius 1 is 1.50 bits per heavy atom. The van der Waals surface area contributed by atoms with Crippen molar-refractivity contribution < 1.29 is 34.6 Å². The smallest absolute Gasteiger partial charge is 0.371 e. The van der Waals surface area contributed by atoms with Crippen LogP contribution in [0.5, 0.6) is 0 Å². The Kier molecular flexibility index (Phi) is 4.93. The Morgan fingerprint density at radius 3 is 2.50 bits per heavy atom. The summed E-state index contributed by atoms with van der Waals surface area (Å²) < 4.78 is 0. The van der Waals surface area contributed by atoms with Gasteiger partial charge in [0.1, 0.15) is 0 Å². The lowest BCUT2D eigenvalue weighted by Gasteiger charge is -2.02. The topological polar surface area (TPSA) is 102 Å². The largest absolute Gasteiger partial charge is 0.382 e. The van der Waals surface area contributed by atoms with Gasteiger partial charge >= 0.3 is 11.9 Å². The van der Waals surface area contributed by atoms with E-state index in [0.717, 1.165) is 6.92 Å². The summed E-state index contributed by atoms with van der Waals surface area (Å²) in [5.74, 6) is -2.16. The van der Waals surface area contributed by atoms with Gasteiger partial charge in [0.05, 0.1) is 0 Å². The maximum absolute atomic E-state index is 10.4. The zero-order valence-corrected chi connectivity index (χ0v) is 6.22. The van der Waals surface area contributed by atoms with E-state index in [1.54, 1.807) is 0 Å². The van der Waals surface area contributed by atoms with Crippen LogP contribution in [-0.4, -0.2) is 35.0 Å². The monoisotopic (exact) mass is 180 g/mol. The number of hydrogen-bond donors (Lipinski definition) is 2. The minimum Gasteiger partial charge on any atom is -0.382 e. The third kappa shape index (κ3) is 4.61. The van der Waals surface area contributed by atoms with Crippen LogP contribution in [-0.2, 0) is 24.3 Å². The summed E-state index contributed by atoms with van der Waals surface area (Å²) in [4.78, 5) is 31.5. The second-order valence-corrected chi connectivity index (χ2v) is 1.80. The predicted octanol–water partition coefficient (Wildman–Crippen LogP) is -1.14. The van der Waals surface area contributed by atoms with Gasteiger partial charge in [-0.2, -0.15) is 10.1 Å². The van der Waals surface area contributed by atoms with E-state index in [9.17, 15) is 9.59 Å². The average molecular weight is 180 g/mol. The highest BCUT2D eigenvalue weighted by atomic mass is 17.2. The van der Waals surface area contributed by atoms with Crippen LogP contribution in [0.4, 0.5) is 0 Å². The first-order chi connectivity index (χ1) is 5.57. The third-order valence-corrected chi connectivity index (χ3v) is 0.761. The van der Waals surface area contributed by atoms with Crippen molar-refractivity contribution in [3.63, 3.8) is 0 Å². The Labute approximate surface area is 67.3 Å². The maximum Gasteiger partial charge on any atom is 0.371 e. The van der Waals surface area contributed by atoms with Gasteiger partial charge in [0.15, 0.2) is 12.7 Å². The van der Waals surface area contributed by atoms with Crippen LogP contribution in [0.2, 0.25) is 0 Å². The molecule has 0 aromatic rings. The molecule has 70 valence electrons. The van der Waals surface area contributed by atoms with Crippen molar-refractivity contribution in [2.45, 2.75) is 13.0 Å². The number of carbonyl (C=O) groups is 2. The zero-order valence-electron chi connectivity index (χ0n) is 6.22. The Balaban J connectivity index is 3.44. The van der Waals surface area contributed by atoms with Gasteiger partial charge in [0.2, 0.25) is 0 Å². The van der Waals surface area contributed by atoms with E-state index >= 15 is 0 Å². The van der Waals surface area contributed by atoms with E-state index in [1.807, 2.05) is 0 Å². The Morgan fingerprint density at radius 2 is 2.08 bits per heavy atom. The third-order valence-electron chi connectivity index (χ3n) is 0.761. The molecule has 1 atom stereocenters. The summed E-state index contributed by atoms with van der Waals surface area (Å²) in [6.45, 7) is 0.422. The number of aliphatic hydroxyl groups is 1. The fourth-order valence-corrected chi connectivity index (χ4v) is 0.232. The van der Waals surface area contributed by atoms with Gasteiger partial charge in [-0.3, -0.25) is 9.78 Å². The molecule has 12 heavy (non-hydrogen) atoms. The molecule has 0 saturated heterocycles. The molecule has 0 aromatic heterocycles. The van der Waals surface area contributed by atoms with E-state index < -0.39 is 24.6 Å².